The summed E-state index contributed by atoms with van der Waals surface area (Å²) in [7, 11) is 0. The first-order valence-corrected chi connectivity index (χ1v) is 11.4. The van der Waals surface area contributed by atoms with E-state index in [1.54, 1.807) is 0 Å². The Balaban J connectivity index is 1.24. The van der Waals surface area contributed by atoms with E-state index in [1.165, 1.54) is 44.1 Å². The molecule has 2 nitrogen and oxygen atoms in total. The van der Waals surface area contributed by atoms with Crippen molar-refractivity contribution >= 4 is 11.6 Å². The molecule has 0 amide bonds. The van der Waals surface area contributed by atoms with Crippen molar-refractivity contribution in [3.8, 4) is 5.75 Å². The summed E-state index contributed by atoms with van der Waals surface area (Å²) in [4.78, 5) is 0. The van der Waals surface area contributed by atoms with Crippen molar-refractivity contribution in [3.05, 3.63) is 64.7 Å². The molecule has 3 heteroatoms. The van der Waals surface area contributed by atoms with Crippen molar-refractivity contribution in [2.75, 3.05) is 0 Å². The first-order valence-electron chi connectivity index (χ1n) is 11.0. The summed E-state index contributed by atoms with van der Waals surface area (Å²) in [5.41, 5.74) is 3.82. The van der Waals surface area contributed by atoms with Gasteiger partial charge in [0.05, 0.1) is 0 Å². The second-order valence-electron chi connectivity index (χ2n) is 10.8. The zero-order valence-electron chi connectivity index (χ0n) is 17.6. The first-order chi connectivity index (χ1) is 13.8. The highest BCUT2D eigenvalue weighted by molar-refractivity contribution is 6.30. The maximum atomic E-state index is 6.08. The van der Waals surface area contributed by atoms with Gasteiger partial charge in [0, 0.05) is 17.1 Å². The van der Waals surface area contributed by atoms with Crippen molar-refractivity contribution in [2.24, 2.45) is 16.7 Å². The lowest BCUT2D eigenvalue weighted by molar-refractivity contribution is -0.118. The van der Waals surface area contributed by atoms with Gasteiger partial charge in [-0.25, -0.2) is 0 Å². The minimum Gasteiger partial charge on any atom is -0.489 e. The number of benzene rings is 2. The van der Waals surface area contributed by atoms with Gasteiger partial charge < -0.3 is 10.1 Å². The molecule has 2 unspecified atom stereocenters. The van der Waals surface area contributed by atoms with Crippen molar-refractivity contribution in [1.29, 1.82) is 0 Å². The Kier molecular flexibility index (Phi) is 4.71. The summed E-state index contributed by atoms with van der Waals surface area (Å²) < 4.78 is 6.03. The molecule has 1 N–H and O–H groups in total. The summed E-state index contributed by atoms with van der Waals surface area (Å²) >= 11 is 6.08. The third kappa shape index (κ3) is 4.07. The summed E-state index contributed by atoms with van der Waals surface area (Å²) in [6.07, 6.45) is 8.36. The van der Waals surface area contributed by atoms with Gasteiger partial charge in [0.2, 0.25) is 0 Å². The van der Waals surface area contributed by atoms with Gasteiger partial charge in [0.15, 0.2) is 0 Å². The molecule has 6 rings (SSSR count). The van der Waals surface area contributed by atoms with E-state index in [2.05, 4.69) is 37.4 Å². The largest absolute Gasteiger partial charge is 0.489 e. The third-order valence-corrected chi connectivity index (χ3v) is 7.72. The van der Waals surface area contributed by atoms with Crippen molar-refractivity contribution < 1.29 is 4.74 Å². The third-order valence-electron chi connectivity index (χ3n) is 7.49. The SMILES string of the molecule is CC12CC3CC(C)(C1)CC(NCc1cccc(OCc4cccc(Cl)c4)c1)(C3)C2. The van der Waals surface area contributed by atoms with Gasteiger partial charge in [-0.2, -0.15) is 0 Å². The molecular weight excluding hydrogens is 378 g/mol. The lowest BCUT2D eigenvalue weighted by Crippen LogP contribution is -2.63. The highest BCUT2D eigenvalue weighted by atomic mass is 35.5. The lowest BCUT2D eigenvalue weighted by atomic mass is 9.43. The van der Waals surface area contributed by atoms with Crippen LogP contribution < -0.4 is 10.1 Å². The summed E-state index contributed by atoms with van der Waals surface area (Å²) in [5, 5.41) is 4.78. The Labute approximate surface area is 180 Å². The summed E-state index contributed by atoms with van der Waals surface area (Å²) in [6.45, 7) is 6.54. The molecule has 29 heavy (non-hydrogen) atoms. The van der Waals surface area contributed by atoms with Gasteiger partial charge in [0.25, 0.3) is 0 Å². The highest BCUT2D eigenvalue weighted by Gasteiger charge is 2.59. The van der Waals surface area contributed by atoms with Crippen LogP contribution in [-0.4, -0.2) is 5.54 Å². The fraction of sp³-hybridized carbons (Fsp3) is 0.538. The molecule has 0 heterocycles. The smallest absolute Gasteiger partial charge is 0.120 e. The standard InChI is InChI=1S/C26H32ClNO/c1-24-11-21-12-25(2,16-24)18-26(13-21,17-24)28-14-19-5-4-8-23(10-19)29-15-20-6-3-7-22(27)9-20/h3-10,21,28H,11-18H2,1-2H3. The van der Waals surface area contributed by atoms with Gasteiger partial charge in [-0.1, -0.05) is 49.7 Å². The fourth-order valence-corrected chi connectivity index (χ4v) is 7.69. The minimum atomic E-state index is 0.334. The second-order valence-corrected chi connectivity index (χ2v) is 11.3. The zero-order chi connectivity index (χ0) is 20.1. The van der Waals surface area contributed by atoms with E-state index in [9.17, 15) is 0 Å². The molecule has 154 valence electrons. The highest BCUT2D eigenvalue weighted by Crippen LogP contribution is 2.66. The van der Waals surface area contributed by atoms with Crippen LogP contribution in [0.2, 0.25) is 5.02 Å². The van der Waals surface area contributed by atoms with E-state index in [-0.39, 0.29) is 0 Å². The van der Waals surface area contributed by atoms with Crippen molar-refractivity contribution in [1.82, 2.24) is 5.32 Å². The molecule has 0 saturated heterocycles. The van der Waals surface area contributed by atoms with Crippen molar-refractivity contribution in [2.45, 2.75) is 71.1 Å². The summed E-state index contributed by atoms with van der Waals surface area (Å²) in [6, 6.07) is 16.4. The Hall–Kier alpha value is -1.51. The van der Waals surface area contributed by atoms with E-state index in [1.807, 2.05) is 30.3 Å². The lowest BCUT2D eigenvalue weighted by Gasteiger charge is -2.65. The molecule has 0 radical (unpaired) electrons. The van der Waals surface area contributed by atoms with Crippen LogP contribution in [0, 0.1) is 16.7 Å². The molecule has 2 atom stereocenters. The molecule has 4 saturated carbocycles. The van der Waals surface area contributed by atoms with Crippen LogP contribution in [0.3, 0.4) is 0 Å². The van der Waals surface area contributed by atoms with E-state index < -0.39 is 0 Å². The van der Waals surface area contributed by atoms with Crippen LogP contribution in [-0.2, 0) is 13.2 Å². The average Bonchev–Trinajstić information content (AvgIpc) is 2.62. The fourth-order valence-electron chi connectivity index (χ4n) is 7.47. The van der Waals surface area contributed by atoms with E-state index in [0.717, 1.165) is 28.8 Å². The number of hydrogen-bond acceptors (Lipinski definition) is 2. The summed E-state index contributed by atoms with van der Waals surface area (Å²) in [5.74, 6) is 1.84. The maximum Gasteiger partial charge on any atom is 0.120 e. The first kappa shape index (κ1) is 19.5. The molecule has 2 aromatic rings. The number of ether oxygens (including phenoxy) is 1. The molecular formula is C26H32ClNO. The molecule has 0 aromatic heterocycles. The maximum absolute atomic E-state index is 6.08. The van der Waals surface area contributed by atoms with Gasteiger partial charge in [0.1, 0.15) is 12.4 Å². The molecule has 4 fully saturated rings. The van der Waals surface area contributed by atoms with Gasteiger partial charge in [-0.3, -0.25) is 0 Å². The van der Waals surface area contributed by atoms with E-state index in [0.29, 0.717) is 23.0 Å². The Bertz CT molecular complexity index is 891. The minimum absolute atomic E-state index is 0.334. The molecule has 4 bridgehead atoms. The van der Waals surface area contributed by atoms with Crippen LogP contribution in [0.1, 0.15) is 63.5 Å². The van der Waals surface area contributed by atoms with Crippen molar-refractivity contribution in [3.63, 3.8) is 0 Å². The number of halogens is 1. The van der Waals surface area contributed by atoms with Crippen LogP contribution in [0.4, 0.5) is 0 Å². The van der Waals surface area contributed by atoms with Gasteiger partial charge >= 0.3 is 0 Å². The van der Waals surface area contributed by atoms with Crippen LogP contribution in [0.15, 0.2) is 48.5 Å². The quantitative estimate of drug-likeness (QED) is 0.569. The van der Waals surface area contributed by atoms with Gasteiger partial charge in [-0.05, 0) is 90.7 Å². The molecule has 0 aliphatic heterocycles. The molecule has 4 aliphatic carbocycles. The Morgan fingerprint density at radius 1 is 0.931 bits per heavy atom. The molecule has 4 aliphatic rings. The van der Waals surface area contributed by atoms with E-state index in [4.69, 9.17) is 16.3 Å². The second kappa shape index (κ2) is 7.03. The predicted octanol–water partition coefficient (Wildman–Crippen LogP) is 6.76. The zero-order valence-corrected chi connectivity index (χ0v) is 18.4. The average molecular weight is 410 g/mol. The topological polar surface area (TPSA) is 21.3 Å². The monoisotopic (exact) mass is 409 g/mol. The van der Waals surface area contributed by atoms with Gasteiger partial charge in [-0.15, -0.1) is 0 Å². The normalized spacial score (nSPS) is 35.1. The van der Waals surface area contributed by atoms with Crippen LogP contribution in [0.25, 0.3) is 0 Å². The molecule has 0 spiro atoms. The van der Waals surface area contributed by atoms with Crippen LogP contribution in [0.5, 0.6) is 5.75 Å². The number of rotatable bonds is 6. The number of nitrogens with one attached hydrogen (secondary N) is 1. The Morgan fingerprint density at radius 3 is 2.38 bits per heavy atom. The number of hydrogen-bond donors (Lipinski definition) is 1. The Morgan fingerprint density at radius 2 is 1.66 bits per heavy atom. The van der Waals surface area contributed by atoms with E-state index >= 15 is 0 Å². The molecule has 2 aromatic carbocycles. The predicted molar refractivity (Wildman–Crippen MR) is 119 cm³/mol. The van der Waals surface area contributed by atoms with Crippen LogP contribution >= 0.6 is 11.6 Å².